The van der Waals surface area contributed by atoms with Gasteiger partial charge in [0.05, 0.1) is 6.61 Å². The maximum atomic E-state index is 13.1. The topological polar surface area (TPSA) is 108 Å². The molecule has 2 aromatic carbocycles. The molecule has 9 nitrogen and oxygen atoms in total. The lowest BCUT2D eigenvalue weighted by atomic mass is 10.0. The third kappa shape index (κ3) is 6.09. The van der Waals surface area contributed by atoms with Gasteiger partial charge in [0.25, 0.3) is 5.91 Å². The zero-order chi connectivity index (χ0) is 27.7. The van der Waals surface area contributed by atoms with Crippen LogP contribution in [0.5, 0.6) is 5.75 Å². The first-order valence-corrected chi connectivity index (χ1v) is 13.7. The van der Waals surface area contributed by atoms with E-state index in [1.165, 1.54) is 4.90 Å². The predicted octanol–water partition coefficient (Wildman–Crippen LogP) is 3.31. The number of hydrogen-bond donors (Lipinski definition) is 2. The van der Waals surface area contributed by atoms with E-state index in [4.69, 9.17) is 16.3 Å². The van der Waals surface area contributed by atoms with E-state index in [9.17, 15) is 19.2 Å². The number of imide groups is 1. The number of ether oxygens (including phenoxy) is 1. The molecule has 5 rings (SSSR count). The van der Waals surface area contributed by atoms with E-state index in [-0.39, 0.29) is 30.6 Å². The lowest BCUT2D eigenvalue weighted by molar-refractivity contribution is -0.137. The number of anilines is 1. The smallest absolute Gasteiger partial charge is 0.255 e. The molecular formula is C29H33ClN4O5. The molecule has 3 aliphatic rings. The SMILES string of the molecule is Cc1c(Cl)cc(NC(=O)CCc2ccc3c(c2)C(=O)N(C2CCC(=O)NC2=O)C3)cc1OCC1CCN(C)C1. The van der Waals surface area contributed by atoms with Gasteiger partial charge in [0, 0.05) is 59.8 Å². The molecule has 0 bridgehead atoms. The van der Waals surface area contributed by atoms with E-state index < -0.39 is 11.9 Å². The Bertz CT molecular complexity index is 1330. The van der Waals surface area contributed by atoms with Gasteiger partial charge in [-0.15, -0.1) is 0 Å². The molecule has 2 saturated heterocycles. The monoisotopic (exact) mass is 552 g/mol. The summed E-state index contributed by atoms with van der Waals surface area (Å²) < 4.78 is 6.08. The van der Waals surface area contributed by atoms with E-state index in [0.29, 0.717) is 53.9 Å². The molecule has 2 aromatic rings. The number of hydrogen-bond acceptors (Lipinski definition) is 6. The highest BCUT2D eigenvalue weighted by Gasteiger charge is 2.39. The van der Waals surface area contributed by atoms with E-state index in [1.807, 2.05) is 25.1 Å². The summed E-state index contributed by atoms with van der Waals surface area (Å²) in [7, 11) is 2.11. The highest BCUT2D eigenvalue weighted by molar-refractivity contribution is 6.32. The van der Waals surface area contributed by atoms with Crippen molar-refractivity contribution < 1.29 is 23.9 Å². The summed E-state index contributed by atoms with van der Waals surface area (Å²) in [5.74, 6) is 0.00823. The minimum Gasteiger partial charge on any atom is -0.493 e. The van der Waals surface area contributed by atoms with E-state index in [0.717, 1.165) is 36.2 Å². The van der Waals surface area contributed by atoms with Crippen LogP contribution in [-0.4, -0.2) is 66.2 Å². The summed E-state index contributed by atoms with van der Waals surface area (Å²) in [6.45, 7) is 4.92. The highest BCUT2D eigenvalue weighted by Crippen LogP contribution is 2.32. The van der Waals surface area contributed by atoms with E-state index >= 15 is 0 Å². The summed E-state index contributed by atoms with van der Waals surface area (Å²) in [6.07, 6.45) is 2.31. The minimum absolute atomic E-state index is 0.171. The average molecular weight is 553 g/mol. The number of rotatable bonds is 8. The molecule has 3 aliphatic heterocycles. The van der Waals surface area contributed by atoms with Crippen molar-refractivity contribution in [2.75, 3.05) is 32.1 Å². The number of carbonyl (C=O) groups excluding carboxylic acids is 4. The zero-order valence-electron chi connectivity index (χ0n) is 22.2. The second-order valence-corrected chi connectivity index (χ2v) is 11.2. The second-order valence-electron chi connectivity index (χ2n) is 10.7. The van der Waals surface area contributed by atoms with Crippen LogP contribution in [0, 0.1) is 12.8 Å². The Balaban J connectivity index is 1.17. The van der Waals surface area contributed by atoms with Gasteiger partial charge in [-0.25, -0.2) is 0 Å². The quantitative estimate of drug-likeness (QED) is 0.487. The highest BCUT2D eigenvalue weighted by atomic mass is 35.5. The van der Waals surface area contributed by atoms with Crippen molar-refractivity contribution in [1.82, 2.24) is 15.1 Å². The Kier molecular flexibility index (Phi) is 7.91. The van der Waals surface area contributed by atoms with Gasteiger partial charge < -0.3 is 19.9 Å². The molecule has 3 heterocycles. The third-order valence-electron chi connectivity index (χ3n) is 7.78. The molecule has 0 radical (unpaired) electrons. The van der Waals surface area contributed by atoms with Crippen LogP contribution in [0.3, 0.4) is 0 Å². The Morgan fingerprint density at radius 1 is 1.18 bits per heavy atom. The molecule has 0 aromatic heterocycles. The fourth-order valence-electron chi connectivity index (χ4n) is 5.48. The molecular weight excluding hydrogens is 520 g/mol. The van der Waals surface area contributed by atoms with Gasteiger partial charge in [-0.05, 0) is 63.0 Å². The number of likely N-dealkylation sites (tertiary alicyclic amines) is 1. The van der Waals surface area contributed by atoms with Gasteiger partial charge in [-0.3, -0.25) is 24.5 Å². The summed E-state index contributed by atoms with van der Waals surface area (Å²) in [5, 5.41) is 5.76. The molecule has 10 heteroatoms. The van der Waals surface area contributed by atoms with Crippen LogP contribution in [0.15, 0.2) is 30.3 Å². The summed E-state index contributed by atoms with van der Waals surface area (Å²) in [5.41, 5.74) is 3.66. The molecule has 2 N–H and O–H groups in total. The lowest BCUT2D eigenvalue weighted by Crippen LogP contribution is -2.52. The van der Waals surface area contributed by atoms with Crippen LogP contribution in [0.2, 0.25) is 5.02 Å². The second kappa shape index (κ2) is 11.4. The van der Waals surface area contributed by atoms with Crippen molar-refractivity contribution >= 4 is 40.9 Å². The standard InChI is InChI=1S/C29H33ClN4O5/c1-17-23(30)12-21(13-25(17)39-16-19-9-10-33(2)14-19)31-26(35)7-4-18-3-5-20-15-34(29(38)22(20)11-18)24-6-8-27(36)32-28(24)37/h3,5,11-13,19,24H,4,6-10,14-16H2,1-2H3,(H,31,35)(H,32,36,37). The van der Waals surface area contributed by atoms with E-state index in [1.54, 1.807) is 12.1 Å². The first-order valence-electron chi connectivity index (χ1n) is 13.4. The van der Waals surface area contributed by atoms with Gasteiger partial charge in [0.2, 0.25) is 17.7 Å². The largest absolute Gasteiger partial charge is 0.493 e. The first-order chi connectivity index (χ1) is 18.7. The molecule has 2 unspecified atom stereocenters. The van der Waals surface area contributed by atoms with Crippen molar-refractivity contribution in [3.05, 3.63) is 57.6 Å². The number of nitrogens with one attached hydrogen (secondary N) is 2. The molecule has 4 amide bonds. The number of halogens is 1. The summed E-state index contributed by atoms with van der Waals surface area (Å²) in [6, 6.07) is 8.47. The maximum absolute atomic E-state index is 13.1. The summed E-state index contributed by atoms with van der Waals surface area (Å²) >= 11 is 6.43. The number of piperidine rings is 1. The van der Waals surface area contributed by atoms with Crippen molar-refractivity contribution in [3.63, 3.8) is 0 Å². The Hall–Kier alpha value is -3.43. The molecule has 2 fully saturated rings. The van der Waals surface area contributed by atoms with Crippen molar-refractivity contribution in [2.45, 2.75) is 51.6 Å². The van der Waals surface area contributed by atoms with Crippen LogP contribution in [0.4, 0.5) is 5.69 Å². The number of carbonyl (C=O) groups is 4. The maximum Gasteiger partial charge on any atom is 0.255 e. The normalized spacial score (nSPS) is 21.2. The predicted molar refractivity (Wildman–Crippen MR) is 147 cm³/mol. The molecule has 0 aliphatic carbocycles. The number of amides is 4. The molecule has 0 spiro atoms. The fourth-order valence-corrected chi connectivity index (χ4v) is 5.70. The fraction of sp³-hybridized carbons (Fsp3) is 0.448. The minimum atomic E-state index is -0.647. The Morgan fingerprint density at radius 3 is 2.74 bits per heavy atom. The Labute approximate surface area is 232 Å². The Morgan fingerprint density at radius 2 is 2.00 bits per heavy atom. The van der Waals surface area contributed by atoms with Gasteiger partial charge in [-0.2, -0.15) is 0 Å². The van der Waals surface area contributed by atoms with Crippen molar-refractivity contribution in [1.29, 1.82) is 0 Å². The van der Waals surface area contributed by atoms with Crippen LogP contribution in [0.25, 0.3) is 0 Å². The third-order valence-corrected chi connectivity index (χ3v) is 8.17. The van der Waals surface area contributed by atoms with Gasteiger partial charge >= 0.3 is 0 Å². The van der Waals surface area contributed by atoms with Crippen LogP contribution < -0.4 is 15.4 Å². The van der Waals surface area contributed by atoms with Crippen LogP contribution >= 0.6 is 11.6 Å². The molecule has 39 heavy (non-hydrogen) atoms. The molecule has 206 valence electrons. The molecule has 2 atom stereocenters. The first kappa shape index (κ1) is 27.1. The number of aryl methyl sites for hydroxylation is 1. The van der Waals surface area contributed by atoms with Crippen molar-refractivity contribution in [3.8, 4) is 5.75 Å². The van der Waals surface area contributed by atoms with Crippen LogP contribution in [-0.2, 0) is 27.3 Å². The summed E-state index contributed by atoms with van der Waals surface area (Å²) in [4.78, 5) is 53.4. The van der Waals surface area contributed by atoms with Crippen LogP contribution in [0.1, 0.15) is 52.7 Å². The average Bonchev–Trinajstić information content (AvgIpc) is 3.46. The van der Waals surface area contributed by atoms with Gasteiger partial charge in [0.15, 0.2) is 0 Å². The molecule has 0 saturated carbocycles. The lowest BCUT2D eigenvalue weighted by Gasteiger charge is -2.29. The number of benzene rings is 2. The van der Waals surface area contributed by atoms with Gasteiger partial charge in [-0.1, -0.05) is 23.7 Å². The number of nitrogens with zero attached hydrogens (tertiary/aromatic N) is 2. The van der Waals surface area contributed by atoms with Gasteiger partial charge in [0.1, 0.15) is 11.8 Å². The zero-order valence-corrected chi connectivity index (χ0v) is 23.0. The van der Waals surface area contributed by atoms with E-state index in [2.05, 4.69) is 22.6 Å². The number of fused-ring (bicyclic) bond motifs is 1. The van der Waals surface area contributed by atoms with Crippen molar-refractivity contribution in [2.24, 2.45) is 5.92 Å².